The lowest BCUT2D eigenvalue weighted by Crippen LogP contribution is -2.00. The summed E-state index contributed by atoms with van der Waals surface area (Å²) in [5, 5.41) is 10.0. The summed E-state index contributed by atoms with van der Waals surface area (Å²) < 4.78 is 0. The summed E-state index contributed by atoms with van der Waals surface area (Å²) >= 11 is 1.50. The van der Waals surface area contributed by atoms with Crippen LogP contribution in [0.3, 0.4) is 0 Å². The van der Waals surface area contributed by atoms with E-state index in [9.17, 15) is 5.11 Å². The van der Waals surface area contributed by atoms with Crippen LogP contribution >= 0.6 is 11.3 Å². The van der Waals surface area contributed by atoms with Gasteiger partial charge in [0.1, 0.15) is 0 Å². The maximum atomic E-state index is 10.0. The minimum atomic E-state index is -0.436. The van der Waals surface area contributed by atoms with Crippen LogP contribution in [0, 0.1) is 13.8 Å². The Labute approximate surface area is 99.6 Å². The fourth-order valence-electron chi connectivity index (χ4n) is 1.90. The van der Waals surface area contributed by atoms with Crippen molar-refractivity contribution in [1.29, 1.82) is 0 Å². The highest BCUT2D eigenvalue weighted by atomic mass is 32.1. The summed E-state index contributed by atoms with van der Waals surface area (Å²) in [6.07, 6.45) is 1.96. The molecule has 0 saturated heterocycles. The highest BCUT2D eigenvalue weighted by Gasteiger charge is 2.10. The zero-order valence-corrected chi connectivity index (χ0v) is 10.3. The van der Waals surface area contributed by atoms with Gasteiger partial charge in [-0.15, -0.1) is 11.3 Å². The Kier molecular flexibility index (Phi) is 3.36. The number of hydrogen-bond donors (Lipinski definition) is 1. The van der Waals surface area contributed by atoms with E-state index in [2.05, 4.69) is 37.0 Å². The number of hydrogen-bond acceptors (Lipinski definition) is 3. The third kappa shape index (κ3) is 2.68. The Morgan fingerprint density at radius 2 is 1.94 bits per heavy atom. The van der Waals surface area contributed by atoms with Gasteiger partial charge in [0.2, 0.25) is 0 Å². The molecule has 1 heterocycles. The molecule has 1 unspecified atom stereocenters. The summed E-state index contributed by atoms with van der Waals surface area (Å²) in [6.45, 7) is 4.16. The number of aliphatic hydroxyl groups is 1. The van der Waals surface area contributed by atoms with Gasteiger partial charge in [-0.3, -0.25) is 4.98 Å². The maximum Gasteiger partial charge on any atom is 0.0938 e. The van der Waals surface area contributed by atoms with Crippen molar-refractivity contribution >= 4 is 11.3 Å². The summed E-state index contributed by atoms with van der Waals surface area (Å²) in [6, 6.07) is 6.39. The van der Waals surface area contributed by atoms with Crippen LogP contribution in [0.4, 0.5) is 0 Å². The number of aryl methyl sites for hydroxylation is 2. The zero-order chi connectivity index (χ0) is 11.5. The van der Waals surface area contributed by atoms with Gasteiger partial charge in [-0.1, -0.05) is 29.3 Å². The van der Waals surface area contributed by atoms with E-state index < -0.39 is 6.10 Å². The first-order chi connectivity index (χ1) is 7.65. The van der Waals surface area contributed by atoms with Gasteiger partial charge >= 0.3 is 0 Å². The summed E-state index contributed by atoms with van der Waals surface area (Å²) in [7, 11) is 0. The first-order valence-electron chi connectivity index (χ1n) is 5.29. The lowest BCUT2D eigenvalue weighted by Gasteiger charge is -2.09. The Balaban J connectivity index is 2.15. The van der Waals surface area contributed by atoms with Crippen LogP contribution in [-0.4, -0.2) is 10.1 Å². The molecule has 1 N–H and O–H groups in total. The molecular formula is C13H15NOS. The first-order valence-corrected chi connectivity index (χ1v) is 6.17. The SMILES string of the molecule is Cc1cc(C)cc(CC(O)c2cncs2)c1. The number of rotatable bonds is 3. The number of thiazole rings is 1. The van der Waals surface area contributed by atoms with Crippen LogP contribution in [-0.2, 0) is 6.42 Å². The van der Waals surface area contributed by atoms with Crippen molar-refractivity contribution in [2.75, 3.05) is 0 Å². The van der Waals surface area contributed by atoms with E-state index in [-0.39, 0.29) is 0 Å². The molecule has 2 rings (SSSR count). The van der Waals surface area contributed by atoms with Crippen molar-refractivity contribution in [3.05, 3.63) is 51.5 Å². The predicted octanol–water partition coefficient (Wildman–Crippen LogP) is 3.04. The molecule has 0 fully saturated rings. The molecule has 0 radical (unpaired) electrons. The third-order valence-corrected chi connectivity index (χ3v) is 3.37. The Morgan fingerprint density at radius 3 is 2.50 bits per heavy atom. The van der Waals surface area contributed by atoms with Gasteiger partial charge in [-0.05, 0) is 19.4 Å². The molecule has 2 nitrogen and oxygen atoms in total. The Morgan fingerprint density at radius 1 is 1.25 bits per heavy atom. The molecule has 0 saturated carbocycles. The average Bonchev–Trinajstić information content (AvgIpc) is 2.68. The van der Waals surface area contributed by atoms with Gasteiger partial charge in [0, 0.05) is 12.6 Å². The molecule has 0 amide bonds. The van der Waals surface area contributed by atoms with Crippen molar-refractivity contribution in [2.45, 2.75) is 26.4 Å². The van der Waals surface area contributed by atoms with Crippen molar-refractivity contribution < 1.29 is 5.11 Å². The minimum Gasteiger partial charge on any atom is -0.387 e. The van der Waals surface area contributed by atoms with Crippen LogP contribution in [0.5, 0.6) is 0 Å². The molecule has 2 aromatic rings. The normalized spacial score (nSPS) is 12.7. The van der Waals surface area contributed by atoms with Crippen LogP contribution in [0.25, 0.3) is 0 Å². The number of aliphatic hydroxyl groups excluding tert-OH is 1. The third-order valence-electron chi connectivity index (χ3n) is 2.49. The van der Waals surface area contributed by atoms with Crippen molar-refractivity contribution in [3.8, 4) is 0 Å². The second-order valence-electron chi connectivity index (χ2n) is 4.12. The lowest BCUT2D eigenvalue weighted by atomic mass is 10.0. The summed E-state index contributed by atoms with van der Waals surface area (Å²) in [5.74, 6) is 0. The Hall–Kier alpha value is -1.19. The fourth-order valence-corrected chi connectivity index (χ4v) is 2.51. The van der Waals surface area contributed by atoms with Crippen molar-refractivity contribution in [2.24, 2.45) is 0 Å². The van der Waals surface area contributed by atoms with Crippen LogP contribution < -0.4 is 0 Å². The van der Waals surface area contributed by atoms with Gasteiger partial charge in [-0.25, -0.2) is 0 Å². The second-order valence-corrected chi connectivity index (χ2v) is 5.04. The van der Waals surface area contributed by atoms with Crippen LogP contribution in [0.1, 0.15) is 27.7 Å². The van der Waals surface area contributed by atoms with E-state index in [0.29, 0.717) is 6.42 Å². The van der Waals surface area contributed by atoms with E-state index in [1.807, 2.05) is 0 Å². The minimum absolute atomic E-state index is 0.436. The smallest absolute Gasteiger partial charge is 0.0938 e. The van der Waals surface area contributed by atoms with Crippen LogP contribution in [0.2, 0.25) is 0 Å². The molecule has 0 aliphatic carbocycles. The van der Waals surface area contributed by atoms with E-state index in [0.717, 1.165) is 4.88 Å². The second kappa shape index (κ2) is 4.76. The molecule has 84 valence electrons. The highest BCUT2D eigenvalue weighted by Crippen LogP contribution is 2.22. The molecule has 16 heavy (non-hydrogen) atoms. The molecule has 0 spiro atoms. The quantitative estimate of drug-likeness (QED) is 0.884. The van der Waals surface area contributed by atoms with Gasteiger partial charge in [-0.2, -0.15) is 0 Å². The van der Waals surface area contributed by atoms with Crippen molar-refractivity contribution in [3.63, 3.8) is 0 Å². The Bertz CT molecular complexity index is 445. The predicted molar refractivity (Wildman–Crippen MR) is 66.7 cm³/mol. The summed E-state index contributed by atoms with van der Waals surface area (Å²) in [4.78, 5) is 4.91. The number of nitrogens with zero attached hydrogens (tertiary/aromatic N) is 1. The molecule has 0 bridgehead atoms. The molecular weight excluding hydrogens is 218 g/mol. The molecule has 1 aromatic heterocycles. The standard InChI is InChI=1S/C13H15NOS/c1-9-3-10(2)5-11(4-9)6-12(15)13-7-14-8-16-13/h3-5,7-8,12,15H,6H2,1-2H3. The van der Waals surface area contributed by atoms with E-state index >= 15 is 0 Å². The van der Waals surface area contributed by atoms with Gasteiger partial charge in [0.15, 0.2) is 0 Å². The first kappa shape index (κ1) is 11.3. The van der Waals surface area contributed by atoms with E-state index in [1.54, 1.807) is 11.7 Å². The van der Waals surface area contributed by atoms with Crippen LogP contribution in [0.15, 0.2) is 29.9 Å². The molecule has 1 aromatic carbocycles. The van der Waals surface area contributed by atoms with E-state index in [1.165, 1.54) is 28.0 Å². The van der Waals surface area contributed by atoms with Gasteiger partial charge < -0.3 is 5.11 Å². The van der Waals surface area contributed by atoms with Crippen molar-refractivity contribution in [1.82, 2.24) is 4.98 Å². The lowest BCUT2D eigenvalue weighted by molar-refractivity contribution is 0.182. The van der Waals surface area contributed by atoms with E-state index in [4.69, 9.17) is 0 Å². The number of benzene rings is 1. The fraction of sp³-hybridized carbons (Fsp3) is 0.308. The summed E-state index contributed by atoms with van der Waals surface area (Å²) in [5.41, 5.74) is 5.41. The van der Waals surface area contributed by atoms with Gasteiger partial charge in [0.05, 0.1) is 16.5 Å². The highest BCUT2D eigenvalue weighted by molar-refractivity contribution is 7.09. The molecule has 0 aliphatic rings. The average molecular weight is 233 g/mol. The maximum absolute atomic E-state index is 10.0. The largest absolute Gasteiger partial charge is 0.387 e. The molecule has 3 heteroatoms. The number of aromatic nitrogens is 1. The molecule has 1 atom stereocenters. The monoisotopic (exact) mass is 233 g/mol. The van der Waals surface area contributed by atoms with Gasteiger partial charge in [0.25, 0.3) is 0 Å². The topological polar surface area (TPSA) is 33.1 Å². The zero-order valence-electron chi connectivity index (χ0n) is 9.47. The molecule has 0 aliphatic heterocycles.